The van der Waals surface area contributed by atoms with Crippen molar-refractivity contribution in [1.29, 1.82) is 0 Å². The molecule has 1 fully saturated rings. The van der Waals surface area contributed by atoms with Crippen molar-refractivity contribution in [3.8, 4) is 0 Å². The van der Waals surface area contributed by atoms with Crippen LogP contribution in [0.2, 0.25) is 0 Å². The summed E-state index contributed by atoms with van der Waals surface area (Å²) in [7, 11) is 1.80. The highest BCUT2D eigenvalue weighted by Gasteiger charge is 2.20. The zero-order valence-electron chi connectivity index (χ0n) is 14.4. The molecule has 132 valence electrons. The Hall–Kier alpha value is -2.09. The summed E-state index contributed by atoms with van der Waals surface area (Å²) in [5.41, 5.74) is 1.19. The molecule has 0 spiro atoms. The summed E-state index contributed by atoms with van der Waals surface area (Å²) < 4.78 is 7.14. The van der Waals surface area contributed by atoms with Gasteiger partial charge < -0.3 is 20.4 Å². The first-order chi connectivity index (χ1) is 11.7. The Kier molecular flexibility index (Phi) is 5.34. The van der Waals surface area contributed by atoms with Crippen molar-refractivity contribution in [1.82, 2.24) is 19.5 Å². The molecule has 0 radical (unpaired) electrons. The fourth-order valence-corrected chi connectivity index (χ4v) is 3.02. The number of fused-ring (bicyclic) bond motifs is 1. The molecule has 1 aliphatic rings. The monoisotopic (exact) mass is 334 g/mol. The summed E-state index contributed by atoms with van der Waals surface area (Å²) in [5, 5.41) is 6.29. The average molecular weight is 334 g/mol. The maximum absolute atomic E-state index is 12.4. The van der Waals surface area contributed by atoms with Gasteiger partial charge in [0, 0.05) is 33.4 Å². The smallest absolute Gasteiger partial charge is 0.327 e. The van der Waals surface area contributed by atoms with Crippen LogP contribution in [0, 0.1) is 5.92 Å². The van der Waals surface area contributed by atoms with Gasteiger partial charge in [0.15, 0.2) is 11.5 Å². The molecule has 2 aromatic heterocycles. The number of aromatic amines is 1. The van der Waals surface area contributed by atoms with Gasteiger partial charge in [-0.15, -0.1) is 0 Å². The lowest BCUT2D eigenvalue weighted by atomic mass is 10.0. The van der Waals surface area contributed by atoms with Gasteiger partial charge in [0.2, 0.25) is 5.95 Å². The summed E-state index contributed by atoms with van der Waals surface area (Å²) in [6.07, 6.45) is 4.11. The van der Waals surface area contributed by atoms with Crippen LogP contribution in [0.15, 0.2) is 4.79 Å². The largest absolute Gasteiger partial charge is 0.381 e. The van der Waals surface area contributed by atoms with Crippen LogP contribution in [-0.4, -0.2) is 46.3 Å². The molecule has 1 aliphatic heterocycles. The van der Waals surface area contributed by atoms with E-state index < -0.39 is 0 Å². The zero-order chi connectivity index (χ0) is 16.9. The van der Waals surface area contributed by atoms with Crippen LogP contribution in [0.5, 0.6) is 0 Å². The number of nitrogens with zero attached hydrogens (tertiary/aromatic N) is 3. The number of H-pyrrole nitrogens is 1. The number of ether oxygens (including phenoxy) is 1. The second-order valence-electron chi connectivity index (χ2n) is 6.22. The van der Waals surface area contributed by atoms with Crippen molar-refractivity contribution >= 4 is 22.9 Å². The summed E-state index contributed by atoms with van der Waals surface area (Å²) >= 11 is 0. The number of nitrogens with one attached hydrogen (secondary N) is 3. The van der Waals surface area contributed by atoms with Crippen molar-refractivity contribution in [2.45, 2.75) is 39.2 Å². The third-order valence-electron chi connectivity index (χ3n) is 4.45. The molecule has 8 heteroatoms. The van der Waals surface area contributed by atoms with Crippen molar-refractivity contribution in [2.75, 3.05) is 37.4 Å². The van der Waals surface area contributed by atoms with Crippen molar-refractivity contribution in [2.24, 2.45) is 5.92 Å². The van der Waals surface area contributed by atoms with Crippen LogP contribution >= 0.6 is 0 Å². The van der Waals surface area contributed by atoms with E-state index in [2.05, 4.69) is 32.5 Å². The summed E-state index contributed by atoms with van der Waals surface area (Å²) in [4.78, 5) is 24.3. The lowest BCUT2D eigenvalue weighted by Gasteiger charge is -2.22. The van der Waals surface area contributed by atoms with Gasteiger partial charge in [0.1, 0.15) is 5.52 Å². The minimum atomic E-state index is -0.131. The first-order valence-corrected chi connectivity index (χ1v) is 8.72. The molecule has 0 atom stereocenters. The molecule has 0 unspecified atom stereocenters. The Morgan fingerprint density at radius 2 is 2.12 bits per heavy atom. The van der Waals surface area contributed by atoms with Crippen LogP contribution in [0.1, 0.15) is 32.6 Å². The Bertz CT molecular complexity index is 732. The topological polar surface area (TPSA) is 96.9 Å². The number of hydrogen-bond acceptors (Lipinski definition) is 6. The molecule has 24 heavy (non-hydrogen) atoms. The molecule has 3 N–H and O–H groups in total. The predicted octanol–water partition coefficient (Wildman–Crippen LogP) is 1.80. The van der Waals surface area contributed by atoms with Gasteiger partial charge >= 0.3 is 5.69 Å². The van der Waals surface area contributed by atoms with E-state index in [1.54, 1.807) is 11.6 Å². The molecule has 0 amide bonds. The van der Waals surface area contributed by atoms with Crippen molar-refractivity contribution in [3.63, 3.8) is 0 Å². The van der Waals surface area contributed by atoms with E-state index in [0.717, 1.165) is 45.4 Å². The number of unbranched alkanes of at least 4 members (excludes halogenated alkanes) is 1. The SMILES string of the molecule is CCCCNc1nc(NC)c2[nH]c(=O)n(CC3CCOCC3)c2n1. The third-order valence-corrected chi connectivity index (χ3v) is 4.45. The minimum absolute atomic E-state index is 0.131. The molecule has 3 heterocycles. The van der Waals surface area contributed by atoms with Crippen molar-refractivity contribution in [3.05, 3.63) is 10.5 Å². The highest BCUT2D eigenvalue weighted by atomic mass is 16.5. The molecule has 0 aromatic carbocycles. The molecule has 8 nitrogen and oxygen atoms in total. The average Bonchev–Trinajstić information content (AvgIpc) is 2.91. The van der Waals surface area contributed by atoms with E-state index in [1.165, 1.54) is 0 Å². The number of aromatic nitrogens is 4. The second-order valence-corrected chi connectivity index (χ2v) is 6.22. The van der Waals surface area contributed by atoms with E-state index in [4.69, 9.17) is 4.74 Å². The maximum Gasteiger partial charge on any atom is 0.327 e. The Balaban J connectivity index is 1.93. The summed E-state index contributed by atoms with van der Waals surface area (Å²) in [5.74, 6) is 1.64. The fourth-order valence-electron chi connectivity index (χ4n) is 3.02. The standard InChI is InChI=1S/C16H26N6O2/c1-3-4-7-18-15-20-13(17-2)12-14(21-15)22(16(23)19-12)10-11-5-8-24-9-6-11/h11H,3-10H2,1-2H3,(H,19,23)(H2,17,18,20,21). The van der Waals surface area contributed by atoms with Gasteiger partial charge in [-0.1, -0.05) is 13.3 Å². The number of rotatable bonds is 7. The van der Waals surface area contributed by atoms with Crippen LogP contribution < -0.4 is 16.3 Å². The predicted molar refractivity (Wildman–Crippen MR) is 94.6 cm³/mol. The highest BCUT2D eigenvalue weighted by molar-refractivity contribution is 5.84. The van der Waals surface area contributed by atoms with Gasteiger partial charge in [0.25, 0.3) is 0 Å². The molecule has 2 aromatic rings. The Morgan fingerprint density at radius 1 is 1.33 bits per heavy atom. The van der Waals surface area contributed by atoms with E-state index in [-0.39, 0.29) is 5.69 Å². The van der Waals surface area contributed by atoms with Gasteiger partial charge in [-0.3, -0.25) is 4.57 Å². The third kappa shape index (κ3) is 3.53. The number of imidazole rings is 1. The van der Waals surface area contributed by atoms with Gasteiger partial charge in [-0.2, -0.15) is 9.97 Å². The normalized spacial score (nSPS) is 15.8. The summed E-state index contributed by atoms with van der Waals surface area (Å²) in [6.45, 7) is 5.16. The first kappa shape index (κ1) is 16.8. The molecular formula is C16H26N6O2. The number of anilines is 2. The molecule has 0 bridgehead atoms. The maximum atomic E-state index is 12.4. The fraction of sp³-hybridized carbons (Fsp3) is 0.688. The van der Waals surface area contributed by atoms with Gasteiger partial charge in [0.05, 0.1) is 0 Å². The van der Waals surface area contributed by atoms with Gasteiger partial charge in [-0.25, -0.2) is 4.79 Å². The van der Waals surface area contributed by atoms with Crippen molar-refractivity contribution < 1.29 is 4.74 Å². The van der Waals surface area contributed by atoms with Gasteiger partial charge in [-0.05, 0) is 25.2 Å². The summed E-state index contributed by atoms with van der Waals surface area (Å²) in [6, 6.07) is 0. The molecule has 0 aliphatic carbocycles. The van der Waals surface area contributed by atoms with E-state index in [9.17, 15) is 4.79 Å². The van der Waals surface area contributed by atoms with E-state index >= 15 is 0 Å². The van der Waals surface area contributed by atoms with Crippen LogP contribution in [-0.2, 0) is 11.3 Å². The Morgan fingerprint density at radius 3 is 2.83 bits per heavy atom. The number of hydrogen-bond donors (Lipinski definition) is 3. The quantitative estimate of drug-likeness (QED) is 0.668. The first-order valence-electron chi connectivity index (χ1n) is 8.72. The molecule has 3 rings (SSSR count). The highest BCUT2D eigenvalue weighted by Crippen LogP contribution is 2.22. The molecule has 0 saturated carbocycles. The lowest BCUT2D eigenvalue weighted by Crippen LogP contribution is -2.26. The molecular weight excluding hydrogens is 308 g/mol. The van der Waals surface area contributed by atoms with E-state index in [1.807, 2.05) is 0 Å². The Labute approximate surface area is 141 Å². The zero-order valence-corrected chi connectivity index (χ0v) is 14.4. The van der Waals surface area contributed by atoms with Crippen LogP contribution in [0.3, 0.4) is 0 Å². The minimum Gasteiger partial charge on any atom is -0.381 e. The van der Waals surface area contributed by atoms with Crippen LogP contribution in [0.4, 0.5) is 11.8 Å². The van der Waals surface area contributed by atoms with E-state index in [0.29, 0.717) is 35.4 Å². The lowest BCUT2D eigenvalue weighted by molar-refractivity contribution is 0.0613. The second kappa shape index (κ2) is 7.65. The molecule has 1 saturated heterocycles. The van der Waals surface area contributed by atoms with Crippen LogP contribution in [0.25, 0.3) is 11.2 Å².